The van der Waals surface area contributed by atoms with Crippen molar-refractivity contribution >= 4 is 53.9 Å². The molecular formula is C34H42Cl2N6O4. The molecule has 1 N–H and O–H groups in total. The van der Waals surface area contributed by atoms with Crippen LogP contribution in [-0.4, -0.2) is 67.9 Å². The maximum atomic E-state index is 13.1. The van der Waals surface area contributed by atoms with Crippen LogP contribution in [0.3, 0.4) is 0 Å². The molecule has 0 atom stereocenters. The van der Waals surface area contributed by atoms with Crippen molar-refractivity contribution in [3.8, 4) is 11.8 Å². The van der Waals surface area contributed by atoms with E-state index in [0.29, 0.717) is 61.0 Å². The van der Waals surface area contributed by atoms with E-state index in [9.17, 15) is 14.4 Å². The molecule has 0 unspecified atom stereocenters. The fourth-order valence-electron chi connectivity index (χ4n) is 5.18. The first-order chi connectivity index (χ1) is 21.1. The van der Waals surface area contributed by atoms with Crippen LogP contribution in [0, 0.1) is 16.7 Å². The van der Waals surface area contributed by atoms with E-state index in [1.54, 1.807) is 73.1 Å². The average molecular weight is 670 g/mol. The number of benzene rings is 2. The molecular weight excluding hydrogens is 627 g/mol. The lowest BCUT2D eigenvalue weighted by Gasteiger charge is -2.27. The molecule has 0 saturated carbocycles. The van der Waals surface area contributed by atoms with Gasteiger partial charge in [0, 0.05) is 63.8 Å². The summed E-state index contributed by atoms with van der Waals surface area (Å²) >= 11 is 0. The maximum absolute atomic E-state index is 13.1. The molecule has 3 amide bonds. The van der Waals surface area contributed by atoms with E-state index in [2.05, 4.69) is 22.4 Å². The largest absolute Gasteiger partial charge is 0.494 e. The molecule has 1 aliphatic rings. The summed E-state index contributed by atoms with van der Waals surface area (Å²) in [5.41, 5.74) is 3.36. The highest BCUT2D eigenvalue weighted by molar-refractivity contribution is 6.20. The highest BCUT2D eigenvalue weighted by Gasteiger charge is 2.45. The molecule has 2 aromatic carbocycles. The van der Waals surface area contributed by atoms with Gasteiger partial charge in [0.25, 0.3) is 5.91 Å². The van der Waals surface area contributed by atoms with Crippen molar-refractivity contribution < 1.29 is 19.1 Å². The summed E-state index contributed by atoms with van der Waals surface area (Å²) in [6.45, 7) is 8.01. The fraction of sp³-hybridized carbons (Fsp3) is 0.382. The topological polar surface area (TPSA) is 119 Å². The van der Waals surface area contributed by atoms with Crippen molar-refractivity contribution in [2.75, 3.05) is 50.1 Å². The quantitative estimate of drug-likeness (QED) is 0.213. The lowest BCUT2D eigenvalue weighted by molar-refractivity contribution is -0.137. The Hall–Kier alpha value is -4.17. The third kappa shape index (κ3) is 8.75. The van der Waals surface area contributed by atoms with Crippen molar-refractivity contribution in [3.05, 3.63) is 83.2 Å². The summed E-state index contributed by atoms with van der Waals surface area (Å²) < 4.78 is 6.03. The van der Waals surface area contributed by atoms with E-state index < -0.39 is 5.41 Å². The molecule has 1 aliphatic heterocycles. The van der Waals surface area contributed by atoms with E-state index in [1.165, 1.54) is 0 Å². The number of aromatic nitrogens is 1. The number of nitriles is 1. The third-order valence-electron chi connectivity index (χ3n) is 7.82. The van der Waals surface area contributed by atoms with Gasteiger partial charge in [-0.15, -0.1) is 24.8 Å². The molecule has 3 aromatic rings. The first kappa shape index (κ1) is 38.0. The summed E-state index contributed by atoms with van der Waals surface area (Å²) in [4.78, 5) is 48.1. The number of rotatable bonds is 12. The monoisotopic (exact) mass is 668 g/mol. The number of pyridine rings is 1. The highest BCUT2D eigenvalue weighted by Crippen LogP contribution is 2.40. The number of amides is 3. The molecule has 4 rings (SSSR count). The van der Waals surface area contributed by atoms with Crippen LogP contribution < -0.4 is 19.9 Å². The van der Waals surface area contributed by atoms with E-state index >= 15 is 0 Å². The number of anilines is 2. The van der Waals surface area contributed by atoms with Crippen molar-refractivity contribution in [3.63, 3.8) is 0 Å². The molecule has 46 heavy (non-hydrogen) atoms. The van der Waals surface area contributed by atoms with Gasteiger partial charge in [-0.05, 0) is 87.7 Å². The Balaban J connectivity index is 0.00000368. The summed E-state index contributed by atoms with van der Waals surface area (Å²) in [7, 11) is 3.46. The Bertz CT molecular complexity index is 1560. The lowest BCUT2D eigenvalue weighted by Crippen LogP contribution is -2.47. The molecule has 0 fully saturated rings. The number of aryl methyl sites for hydroxylation is 1. The Morgan fingerprint density at radius 1 is 1.04 bits per heavy atom. The number of nitrogens with one attached hydrogen (secondary N) is 1. The van der Waals surface area contributed by atoms with E-state index in [4.69, 9.17) is 10.00 Å². The molecule has 12 heteroatoms. The minimum absolute atomic E-state index is 0. The molecule has 0 spiro atoms. The Kier molecular flexibility index (Phi) is 14.0. The van der Waals surface area contributed by atoms with Crippen molar-refractivity contribution in [2.45, 2.75) is 40.2 Å². The summed E-state index contributed by atoms with van der Waals surface area (Å²) in [5.74, 6) is 0.0930. The molecule has 1 aromatic heterocycles. The second-order valence-corrected chi connectivity index (χ2v) is 11.4. The Morgan fingerprint density at radius 3 is 2.43 bits per heavy atom. The van der Waals surface area contributed by atoms with Gasteiger partial charge in [0.1, 0.15) is 11.2 Å². The smallest absolute Gasteiger partial charge is 0.253 e. The molecule has 0 aliphatic carbocycles. The number of fused-ring (bicyclic) bond motifs is 1. The Morgan fingerprint density at radius 2 is 1.76 bits per heavy atom. The molecule has 246 valence electrons. The summed E-state index contributed by atoms with van der Waals surface area (Å²) in [5, 5.41) is 12.3. The summed E-state index contributed by atoms with van der Waals surface area (Å²) in [6, 6.07) is 18.2. The van der Waals surface area contributed by atoms with E-state index in [0.717, 1.165) is 24.1 Å². The van der Waals surface area contributed by atoms with Gasteiger partial charge in [-0.1, -0.05) is 0 Å². The van der Waals surface area contributed by atoms with Crippen molar-refractivity contribution in [1.82, 2.24) is 15.2 Å². The van der Waals surface area contributed by atoms with Crippen LogP contribution in [0.25, 0.3) is 0 Å². The van der Waals surface area contributed by atoms with Gasteiger partial charge in [0.2, 0.25) is 11.8 Å². The van der Waals surface area contributed by atoms with Crippen LogP contribution in [0.2, 0.25) is 0 Å². The number of hydrogen-bond donors (Lipinski definition) is 1. The van der Waals surface area contributed by atoms with Gasteiger partial charge < -0.3 is 24.8 Å². The lowest BCUT2D eigenvalue weighted by atomic mass is 9.90. The first-order valence-corrected chi connectivity index (χ1v) is 14.8. The number of hydrogen-bond acceptors (Lipinski definition) is 7. The molecule has 0 radical (unpaired) electrons. The first-order valence-electron chi connectivity index (χ1n) is 14.8. The van der Waals surface area contributed by atoms with Gasteiger partial charge >= 0.3 is 0 Å². The zero-order chi connectivity index (χ0) is 31.9. The van der Waals surface area contributed by atoms with Gasteiger partial charge in [0.15, 0.2) is 0 Å². The summed E-state index contributed by atoms with van der Waals surface area (Å²) in [6.07, 6.45) is 3.30. The van der Waals surface area contributed by atoms with Crippen LogP contribution in [0.5, 0.6) is 5.75 Å². The van der Waals surface area contributed by atoms with Crippen molar-refractivity contribution in [2.24, 2.45) is 5.41 Å². The Labute approximate surface area is 283 Å². The number of carbonyl (C=O) groups is 3. The minimum Gasteiger partial charge on any atom is -0.494 e. The van der Waals surface area contributed by atoms with Crippen LogP contribution >= 0.6 is 24.8 Å². The number of likely N-dealkylation sites (N-methyl/N-ethyl adjacent to an activating group) is 1. The van der Waals surface area contributed by atoms with Gasteiger partial charge in [-0.3, -0.25) is 19.4 Å². The van der Waals surface area contributed by atoms with E-state index in [-0.39, 0.29) is 42.5 Å². The number of halogens is 2. The standard InChI is InChI=1S/C34H40N6O4.2ClH/c1-6-40-29-14-13-28(21-30(29)39(5)32(42)34(2,3)33(40)43)44-19-7-8-27-20-25(15-16-37-27)23-36-17-18-38(4)31(41)26-11-9-24(22-35)10-12-26;;/h9-16,20-21,36H,6-8,17-19,23H2,1-5H3;2*1H. The molecule has 0 saturated heterocycles. The zero-order valence-corrected chi connectivity index (χ0v) is 28.5. The predicted octanol–water partition coefficient (Wildman–Crippen LogP) is 5.03. The minimum atomic E-state index is -1.15. The molecule has 10 nitrogen and oxygen atoms in total. The number of ether oxygens (including phenoxy) is 1. The van der Waals surface area contributed by atoms with Gasteiger partial charge in [-0.25, -0.2) is 0 Å². The van der Waals surface area contributed by atoms with Crippen LogP contribution in [0.1, 0.15) is 54.4 Å². The van der Waals surface area contributed by atoms with Crippen molar-refractivity contribution in [1.29, 1.82) is 5.26 Å². The zero-order valence-electron chi connectivity index (χ0n) is 26.9. The predicted molar refractivity (Wildman–Crippen MR) is 184 cm³/mol. The van der Waals surface area contributed by atoms with Crippen LogP contribution in [0.4, 0.5) is 11.4 Å². The maximum Gasteiger partial charge on any atom is 0.253 e. The third-order valence-corrected chi connectivity index (χ3v) is 7.82. The number of nitrogens with zero attached hydrogens (tertiary/aromatic N) is 5. The fourth-order valence-corrected chi connectivity index (χ4v) is 5.18. The SMILES string of the molecule is CCN1C(=O)C(C)(C)C(=O)N(C)c2cc(OCCCc3cc(CNCCN(C)C(=O)c4ccc(C#N)cc4)ccn3)ccc21.Cl.Cl. The second-order valence-electron chi connectivity index (χ2n) is 11.4. The van der Waals surface area contributed by atoms with Gasteiger partial charge in [0.05, 0.1) is 29.6 Å². The molecule has 0 bridgehead atoms. The average Bonchev–Trinajstić information content (AvgIpc) is 3.09. The number of carbonyl (C=O) groups excluding carboxylic acids is 3. The second kappa shape index (κ2) is 16.9. The van der Waals surface area contributed by atoms with Gasteiger partial charge in [-0.2, -0.15) is 5.26 Å². The molecule has 2 heterocycles. The van der Waals surface area contributed by atoms with Crippen LogP contribution in [-0.2, 0) is 22.6 Å². The highest BCUT2D eigenvalue weighted by atomic mass is 35.5. The normalized spacial score (nSPS) is 13.5. The van der Waals surface area contributed by atoms with E-state index in [1.807, 2.05) is 31.2 Å². The van der Waals surface area contributed by atoms with Crippen LogP contribution in [0.15, 0.2) is 60.8 Å².